The van der Waals surface area contributed by atoms with Crippen molar-refractivity contribution in [2.45, 2.75) is 39.1 Å². The molecule has 17 heavy (non-hydrogen) atoms. The maximum Gasteiger partial charge on any atom is 0.119 e. The van der Waals surface area contributed by atoms with Crippen LogP contribution >= 0.6 is 11.3 Å². The van der Waals surface area contributed by atoms with Crippen molar-refractivity contribution in [3.63, 3.8) is 0 Å². The first-order valence-electron chi connectivity index (χ1n) is 5.92. The Kier molecular flexibility index (Phi) is 4.14. The van der Waals surface area contributed by atoms with Crippen molar-refractivity contribution < 1.29 is 9.47 Å². The molecule has 0 spiro atoms. The number of thiazole rings is 1. The predicted octanol–water partition coefficient (Wildman–Crippen LogP) is 1.74. The van der Waals surface area contributed by atoms with Crippen LogP contribution in [0.3, 0.4) is 0 Å². The molecule has 1 N–H and O–H groups in total. The van der Waals surface area contributed by atoms with Crippen molar-refractivity contribution in [1.29, 1.82) is 0 Å². The van der Waals surface area contributed by atoms with Gasteiger partial charge in [-0.15, -0.1) is 11.3 Å². The summed E-state index contributed by atoms with van der Waals surface area (Å²) in [6.45, 7) is 9.15. The Labute approximate surface area is 106 Å². The molecular weight excluding hydrogens is 236 g/mol. The van der Waals surface area contributed by atoms with E-state index in [-0.39, 0.29) is 11.7 Å². The van der Waals surface area contributed by atoms with Crippen molar-refractivity contribution in [2.24, 2.45) is 0 Å². The molecule has 0 saturated carbocycles. The highest BCUT2D eigenvalue weighted by Gasteiger charge is 2.28. The van der Waals surface area contributed by atoms with Gasteiger partial charge in [-0.05, 0) is 20.8 Å². The molecule has 0 bridgehead atoms. The number of hydrogen-bond donors (Lipinski definition) is 1. The number of rotatable bonds is 4. The van der Waals surface area contributed by atoms with E-state index < -0.39 is 0 Å². The minimum atomic E-state index is -0.0932. The summed E-state index contributed by atoms with van der Waals surface area (Å²) in [7, 11) is 0. The van der Waals surface area contributed by atoms with Gasteiger partial charge in [-0.25, -0.2) is 4.98 Å². The number of morpholine rings is 1. The molecule has 2 rings (SSSR count). The molecule has 0 radical (unpaired) electrons. The van der Waals surface area contributed by atoms with Crippen LogP contribution in [0.25, 0.3) is 0 Å². The molecular formula is C12H20N2O2S. The molecule has 4 nitrogen and oxygen atoms in total. The number of hydrogen-bond acceptors (Lipinski definition) is 5. The fourth-order valence-electron chi connectivity index (χ4n) is 1.91. The molecule has 5 heteroatoms. The number of nitrogens with zero attached hydrogens (tertiary/aromatic N) is 1. The number of nitrogens with one attached hydrogen (secondary N) is 1. The summed E-state index contributed by atoms with van der Waals surface area (Å²) >= 11 is 1.64. The second kappa shape index (κ2) is 5.44. The third kappa shape index (κ3) is 4.03. The number of aromatic nitrogens is 1. The molecule has 1 aromatic heterocycles. The lowest BCUT2D eigenvalue weighted by molar-refractivity contribution is -0.122. The molecule has 0 aliphatic carbocycles. The highest BCUT2D eigenvalue weighted by Crippen LogP contribution is 2.16. The topological polar surface area (TPSA) is 43.4 Å². The lowest BCUT2D eigenvalue weighted by atomic mass is 10.1. The minimum absolute atomic E-state index is 0.0932. The van der Waals surface area contributed by atoms with Crippen LogP contribution in [0, 0.1) is 6.92 Å². The smallest absolute Gasteiger partial charge is 0.119 e. The lowest BCUT2D eigenvalue weighted by Gasteiger charge is -2.36. The van der Waals surface area contributed by atoms with Gasteiger partial charge in [0.2, 0.25) is 0 Å². The number of aryl methyl sites for hydroxylation is 1. The van der Waals surface area contributed by atoms with Crippen LogP contribution in [0.15, 0.2) is 5.38 Å². The van der Waals surface area contributed by atoms with E-state index >= 15 is 0 Å². The first kappa shape index (κ1) is 13.0. The second-order valence-corrected chi connectivity index (χ2v) is 5.97. The third-order valence-corrected chi connectivity index (χ3v) is 3.54. The molecule has 1 unspecified atom stereocenters. The van der Waals surface area contributed by atoms with Gasteiger partial charge in [0.05, 0.1) is 24.9 Å². The Morgan fingerprint density at radius 2 is 2.47 bits per heavy atom. The molecule has 96 valence electrons. The predicted molar refractivity (Wildman–Crippen MR) is 68.3 cm³/mol. The monoisotopic (exact) mass is 256 g/mol. The molecule has 1 aliphatic heterocycles. The zero-order valence-electron chi connectivity index (χ0n) is 10.7. The highest BCUT2D eigenvalue weighted by molar-refractivity contribution is 7.09. The van der Waals surface area contributed by atoms with E-state index in [0.717, 1.165) is 23.8 Å². The van der Waals surface area contributed by atoms with Gasteiger partial charge in [-0.1, -0.05) is 0 Å². The summed E-state index contributed by atoms with van der Waals surface area (Å²) in [6, 6.07) is 0. The summed E-state index contributed by atoms with van der Waals surface area (Å²) in [5, 5.41) is 6.43. The van der Waals surface area contributed by atoms with Gasteiger partial charge in [-0.2, -0.15) is 0 Å². The fraction of sp³-hybridized carbons (Fsp3) is 0.750. The minimum Gasteiger partial charge on any atom is -0.372 e. The molecule has 1 fully saturated rings. The fourth-order valence-corrected chi connectivity index (χ4v) is 2.62. The van der Waals surface area contributed by atoms with Gasteiger partial charge >= 0.3 is 0 Å². The Hall–Kier alpha value is -0.490. The average molecular weight is 256 g/mol. The van der Waals surface area contributed by atoms with E-state index in [4.69, 9.17) is 9.47 Å². The van der Waals surface area contributed by atoms with Crippen molar-refractivity contribution >= 4 is 11.3 Å². The number of ether oxygens (including phenoxy) is 2. The normalized spacial score (nSPS) is 23.8. The van der Waals surface area contributed by atoms with Crippen molar-refractivity contribution in [3.05, 3.63) is 16.1 Å². The van der Waals surface area contributed by atoms with Gasteiger partial charge in [0.1, 0.15) is 5.01 Å². The quantitative estimate of drug-likeness (QED) is 0.891. The second-order valence-electron chi connectivity index (χ2n) is 5.03. The van der Waals surface area contributed by atoms with Gasteiger partial charge in [0.15, 0.2) is 0 Å². The SMILES string of the molecule is Cc1csc(COCC2CNCC(C)(C)O2)n1. The van der Waals surface area contributed by atoms with Crippen LogP contribution in [-0.2, 0) is 16.1 Å². The van der Waals surface area contributed by atoms with Gasteiger partial charge in [0.25, 0.3) is 0 Å². The maximum atomic E-state index is 5.91. The standard InChI is InChI=1S/C12H20N2O2S/c1-9-7-17-11(14-9)6-15-5-10-4-13-8-12(2,3)16-10/h7,10,13H,4-6,8H2,1-3H3. The van der Waals surface area contributed by atoms with Gasteiger partial charge in [0, 0.05) is 24.2 Å². The lowest BCUT2D eigenvalue weighted by Crippen LogP contribution is -2.51. The van der Waals surface area contributed by atoms with Crippen LogP contribution < -0.4 is 5.32 Å². The first-order chi connectivity index (χ1) is 8.05. The molecule has 1 aromatic rings. The maximum absolute atomic E-state index is 5.91. The van der Waals surface area contributed by atoms with Crippen molar-refractivity contribution in [1.82, 2.24) is 10.3 Å². The Balaban J connectivity index is 1.71. The summed E-state index contributed by atoms with van der Waals surface area (Å²) in [5.74, 6) is 0. The molecule has 2 heterocycles. The largest absolute Gasteiger partial charge is 0.372 e. The summed E-state index contributed by atoms with van der Waals surface area (Å²) in [4.78, 5) is 4.36. The summed E-state index contributed by atoms with van der Waals surface area (Å²) < 4.78 is 11.6. The highest BCUT2D eigenvalue weighted by atomic mass is 32.1. The zero-order chi connectivity index (χ0) is 12.3. The van der Waals surface area contributed by atoms with Crippen LogP contribution in [0.5, 0.6) is 0 Å². The first-order valence-corrected chi connectivity index (χ1v) is 6.80. The Morgan fingerprint density at radius 1 is 1.65 bits per heavy atom. The zero-order valence-corrected chi connectivity index (χ0v) is 11.5. The molecule has 1 atom stereocenters. The van der Waals surface area contributed by atoms with Crippen LogP contribution in [0.1, 0.15) is 24.5 Å². The van der Waals surface area contributed by atoms with Crippen LogP contribution in [0.2, 0.25) is 0 Å². The van der Waals surface area contributed by atoms with Crippen LogP contribution in [0.4, 0.5) is 0 Å². The summed E-state index contributed by atoms with van der Waals surface area (Å²) in [5.41, 5.74) is 0.967. The molecule has 1 saturated heterocycles. The molecule has 0 aromatic carbocycles. The summed E-state index contributed by atoms with van der Waals surface area (Å²) in [6.07, 6.45) is 0.139. The average Bonchev–Trinajstić information content (AvgIpc) is 2.63. The van der Waals surface area contributed by atoms with Gasteiger partial charge in [-0.3, -0.25) is 0 Å². The van der Waals surface area contributed by atoms with E-state index in [1.165, 1.54) is 0 Å². The van der Waals surface area contributed by atoms with E-state index in [1.54, 1.807) is 11.3 Å². The molecule has 0 amide bonds. The van der Waals surface area contributed by atoms with E-state index in [9.17, 15) is 0 Å². The van der Waals surface area contributed by atoms with E-state index in [2.05, 4.69) is 24.1 Å². The van der Waals surface area contributed by atoms with Crippen molar-refractivity contribution in [2.75, 3.05) is 19.7 Å². The Bertz CT molecular complexity index is 365. The van der Waals surface area contributed by atoms with Crippen molar-refractivity contribution in [3.8, 4) is 0 Å². The van der Waals surface area contributed by atoms with E-state index in [0.29, 0.717) is 13.2 Å². The third-order valence-electron chi connectivity index (χ3n) is 2.60. The Morgan fingerprint density at radius 3 is 3.12 bits per heavy atom. The van der Waals surface area contributed by atoms with Crippen LogP contribution in [-0.4, -0.2) is 36.4 Å². The van der Waals surface area contributed by atoms with E-state index in [1.807, 2.05) is 12.3 Å². The van der Waals surface area contributed by atoms with Gasteiger partial charge < -0.3 is 14.8 Å². The molecule has 1 aliphatic rings.